The Morgan fingerprint density at radius 1 is 1.50 bits per heavy atom. The number of hydrogen-bond donors (Lipinski definition) is 0. The molecule has 1 aromatic carbocycles. The third-order valence-corrected chi connectivity index (χ3v) is 3.62. The van der Waals surface area contributed by atoms with Crippen LogP contribution in [0, 0.1) is 6.92 Å². The molecule has 1 heterocycles. The summed E-state index contributed by atoms with van der Waals surface area (Å²) < 4.78 is 4.95. The number of ether oxygens (including phenoxy) is 1. The molecule has 2 rings (SSSR count). The molecule has 0 fully saturated rings. The molecule has 16 heavy (non-hydrogen) atoms. The van der Waals surface area contributed by atoms with Crippen molar-refractivity contribution >= 4 is 23.5 Å². The molecule has 84 valence electrons. The summed E-state index contributed by atoms with van der Waals surface area (Å²) >= 11 is 1.52. The topological polar surface area (TPSA) is 43.4 Å². The van der Waals surface area contributed by atoms with Gasteiger partial charge in [-0.2, -0.15) is 0 Å². The molecule has 0 bridgehead atoms. The smallest absolute Gasteiger partial charge is 0.338 e. The Kier molecular flexibility index (Phi) is 3.01. The highest BCUT2D eigenvalue weighted by Crippen LogP contribution is 2.34. The molecule has 0 unspecified atom stereocenters. The van der Waals surface area contributed by atoms with Gasteiger partial charge < -0.3 is 4.74 Å². The first-order valence-electron chi connectivity index (χ1n) is 5.12. The standard InChI is InChI=1S/C12H12O3S/c1-3-15-12(14)8-4-5-10-11(7(8)2)9(13)6-16-10/h4-5H,3,6H2,1-2H3. The summed E-state index contributed by atoms with van der Waals surface area (Å²) in [6.45, 7) is 3.91. The van der Waals surface area contributed by atoms with E-state index in [9.17, 15) is 9.59 Å². The van der Waals surface area contributed by atoms with Crippen LogP contribution >= 0.6 is 11.8 Å². The average molecular weight is 236 g/mol. The molecule has 1 aromatic rings. The lowest BCUT2D eigenvalue weighted by Gasteiger charge is -2.08. The van der Waals surface area contributed by atoms with Crippen molar-refractivity contribution < 1.29 is 14.3 Å². The molecule has 0 aliphatic carbocycles. The van der Waals surface area contributed by atoms with Crippen molar-refractivity contribution in [2.24, 2.45) is 0 Å². The molecule has 0 saturated heterocycles. The Hall–Kier alpha value is -1.29. The van der Waals surface area contributed by atoms with Crippen LogP contribution in [0.2, 0.25) is 0 Å². The maximum absolute atomic E-state index is 11.6. The third kappa shape index (κ3) is 1.73. The van der Waals surface area contributed by atoms with Crippen LogP contribution in [-0.4, -0.2) is 24.1 Å². The van der Waals surface area contributed by atoms with Gasteiger partial charge in [0.2, 0.25) is 0 Å². The highest BCUT2D eigenvalue weighted by molar-refractivity contribution is 8.00. The number of rotatable bonds is 2. The van der Waals surface area contributed by atoms with Crippen LogP contribution in [-0.2, 0) is 4.74 Å². The van der Waals surface area contributed by atoms with Crippen LogP contribution in [0.3, 0.4) is 0 Å². The van der Waals surface area contributed by atoms with Crippen LogP contribution in [0.1, 0.15) is 33.2 Å². The lowest BCUT2D eigenvalue weighted by atomic mass is 10.00. The number of carbonyl (C=O) groups excluding carboxylic acids is 2. The molecule has 4 heteroatoms. The molecule has 0 saturated carbocycles. The summed E-state index contributed by atoms with van der Waals surface area (Å²) in [5, 5.41) is 0. The third-order valence-electron chi connectivity index (χ3n) is 2.56. The highest BCUT2D eigenvalue weighted by Gasteiger charge is 2.25. The zero-order valence-electron chi connectivity index (χ0n) is 9.20. The Labute approximate surface area is 98.2 Å². The predicted octanol–water partition coefficient (Wildman–Crippen LogP) is 2.46. The van der Waals surface area contributed by atoms with Gasteiger partial charge in [0.1, 0.15) is 0 Å². The molecule has 0 spiro atoms. The average Bonchev–Trinajstić information content (AvgIpc) is 2.62. The number of Topliss-reactive ketones (excluding diaryl/α,β-unsaturated/α-hetero) is 1. The largest absolute Gasteiger partial charge is 0.462 e. The van der Waals surface area contributed by atoms with Gasteiger partial charge in [-0.25, -0.2) is 4.79 Å². The van der Waals surface area contributed by atoms with E-state index in [0.29, 0.717) is 23.5 Å². The Bertz CT molecular complexity index is 466. The van der Waals surface area contributed by atoms with E-state index >= 15 is 0 Å². The molecule has 0 atom stereocenters. The second-order valence-corrected chi connectivity index (χ2v) is 4.56. The van der Waals surface area contributed by atoms with E-state index in [2.05, 4.69) is 0 Å². The number of ketones is 1. The van der Waals surface area contributed by atoms with Crippen molar-refractivity contribution in [2.75, 3.05) is 12.4 Å². The van der Waals surface area contributed by atoms with Gasteiger partial charge in [-0.1, -0.05) is 0 Å². The van der Waals surface area contributed by atoms with E-state index in [0.717, 1.165) is 10.5 Å². The maximum atomic E-state index is 11.6. The van der Waals surface area contributed by atoms with E-state index in [-0.39, 0.29) is 11.8 Å². The van der Waals surface area contributed by atoms with Crippen molar-refractivity contribution in [1.29, 1.82) is 0 Å². The van der Waals surface area contributed by atoms with Gasteiger partial charge in [0.05, 0.1) is 17.9 Å². The van der Waals surface area contributed by atoms with Gasteiger partial charge in [-0.15, -0.1) is 11.8 Å². The van der Waals surface area contributed by atoms with Crippen LogP contribution in [0.25, 0.3) is 0 Å². The number of benzene rings is 1. The van der Waals surface area contributed by atoms with Crippen LogP contribution in [0.4, 0.5) is 0 Å². The zero-order chi connectivity index (χ0) is 11.7. The molecular weight excluding hydrogens is 224 g/mol. The minimum atomic E-state index is -0.354. The summed E-state index contributed by atoms with van der Waals surface area (Å²) in [7, 11) is 0. The first kappa shape index (κ1) is 11.2. The number of esters is 1. The van der Waals surface area contributed by atoms with Crippen LogP contribution in [0.5, 0.6) is 0 Å². The van der Waals surface area contributed by atoms with Crippen LogP contribution < -0.4 is 0 Å². The van der Waals surface area contributed by atoms with E-state index in [4.69, 9.17) is 4.74 Å². The summed E-state index contributed by atoms with van der Waals surface area (Å²) in [4.78, 5) is 24.2. The normalized spacial score (nSPS) is 13.8. The van der Waals surface area contributed by atoms with E-state index in [1.54, 1.807) is 19.9 Å². The summed E-state index contributed by atoms with van der Waals surface area (Å²) in [5.41, 5.74) is 1.93. The second-order valence-electron chi connectivity index (χ2n) is 3.54. The number of thioether (sulfide) groups is 1. The first-order chi connectivity index (χ1) is 7.65. The van der Waals surface area contributed by atoms with Gasteiger partial charge in [-0.05, 0) is 31.5 Å². The molecule has 1 aliphatic heterocycles. The maximum Gasteiger partial charge on any atom is 0.338 e. The fourth-order valence-electron chi connectivity index (χ4n) is 1.80. The van der Waals surface area contributed by atoms with E-state index in [1.807, 2.05) is 6.07 Å². The summed E-state index contributed by atoms with van der Waals surface area (Å²) in [6.07, 6.45) is 0. The highest BCUT2D eigenvalue weighted by atomic mass is 32.2. The Morgan fingerprint density at radius 2 is 2.25 bits per heavy atom. The quantitative estimate of drug-likeness (QED) is 0.740. The summed E-state index contributed by atoms with van der Waals surface area (Å²) in [6, 6.07) is 3.56. The Balaban J connectivity index is 2.47. The van der Waals surface area contributed by atoms with Crippen molar-refractivity contribution in [2.45, 2.75) is 18.7 Å². The molecule has 1 aliphatic rings. The fourth-order valence-corrected chi connectivity index (χ4v) is 2.81. The lowest BCUT2D eigenvalue weighted by Crippen LogP contribution is -2.09. The monoisotopic (exact) mass is 236 g/mol. The molecular formula is C12H12O3S. The minimum absolute atomic E-state index is 0.101. The van der Waals surface area contributed by atoms with Crippen molar-refractivity contribution in [3.8, 4) is 0 Å². The SMILES string of the molecule is CCOC(=O)c1ccc2c(c1C)C(=O)CS2. The lowest BCUT2D eigenvalue weighted by molar-refractivity contribution is 0.0525. The molecule has 0 radical (unpaired) electrons. The van der Waals surface area contributed by atoms with Crippen molar-refractivity contribution in [3.05, 3.63) is 28.8 Å². The molecule has 0 amide bonds. The van der Waals surface area contributed by atoms with Gasteiger partial charge in [0.15, 0.2) is 5.78 Å². The van der Waals surface area contributed by atoms with Gasteiger partial charge >= 0.3 is 5.97 Å². The van der Waals surface area contributed by atoms with Gasteiger partial charge in [-0.3, -0.25) is 4.79 Å². The van der Waals surface area contributed by atoms with Crippen LogP contribution in [0.15, 0.2) is 17.0 Å². The molecule has 0 aromatic heterocycles. The first-order valence-corrected chi connectivity index (χ1v) is 6.10. The fraction of sp³-hybridized carbons (Fsp3) is 0.333. The van der Waals surface area contributed by atoms with Crippen molar-refractivity contribution in [3.63, 3.8) is 0 Å². The van der Waals surface area contributed by atoms with Gasteiger partial charge in [0.25, 0.3) is 0 Å². The second kappa shape index (κ2) is 4.29. The minimum Gasteiger partial charge on any atom is -0.462 e. The van der Waals surface area contributed by atoms with Gasteiger partial charge in [0, 0.05) is 10.5 Å². The van der Waals surface area contributed by atoms with E-state index in [1.165, 1.54) is 11.8 Å². The number of carbonyl (C=O) groups is 2. The van der Waals surface area contributed by atoms with E-state index < -0.39 is 0 Å². The number of fused-ring (bicyclic) bond motifs is 1. The van der Waals surface area contributed by atoms with Crippen molar-refractivity contribution in [1.82, 2.24) is 0 Å². The zero-order valence-corrected chi connectivity index (χ0v) is 10.0. The summed E-state index contributed by atoms with van der Waals surface area (Å²) in [5.74, 6) is 0.221. The molecule has 0 N–H and O–H groups in total. The molecule has 3 nitrogen and oxygen atoms in total. The predicted molar refractivity (Wildman–Crippen MR) is 62.2 cm³/mol. The Morgan fingerprint density at radius 3 is 2.94 bits per heavy atom. The number of hydrogen-bond acceptors (Lipinski definition) is 4.